The summed E-state index contributed by atoms with van der Waals surface area (Å²) in [5.74, 6) is -0.937. The van der Waals surface area contributed by atoms with Crippen molar-refractivity contribution >= 4 is 21.7 Å². The van der Waals surface area contributed by atoms with Crippen LogP contribution >= 0.6 is 0 Å². The average Bonchev–Trinajstić information content (AvgIpc) is 2.55. The maximum atomic E-state index is 13.1. The van der Waals surface area contributed by atoms with E-state index in [0.717, 1.165) is 0 Å². The zero-order valence-corrected chi connectivity index (χ0v) is 15.8. The number of rotatable bonds is 6. The van der Waals surface area contributed by atoms with Gasteiger partial charge in [0.1, 0.15) is 0 Å². The number of aliphatic carboxylic acids is 1. The second-order valence-corrected chi connectivity index (χ2v) is 8.45. The van der Waals surface area contributed by atoms with Crippen molar-refractivity contribution in [3.05, 3.63) is 33.4 Å². The van der Waals surface area contributed by atoms with Gasteiger partial charge in [-0.05, 0) is 39.3 Å². The Morgan fingerprint density at radius 3 is 2.35 bits per heavy atom. The van der Waals surface area contributed by atoms with Gasteiger partial charge in [-0.3, -0.25) is 19.8 Å². The quantitative estimate of drug-likeness (QED) is 0.580. The van der Waals surface area contributed by atoms with Gasteiger partial charge in [0, 0.05) is 24.7 Å². The van der Waals surface area contributed by atoms with E-state index < -0.39 is 20.9 Å². The third kappa shape index (κ3) is 4.02. The number of benzene rings is 1. The van der Waals surface area contributed by atoms with Crippen LogP contribution in [0.4, 0.5) is 5.69 Å². The van der Waals surface area contributed by atoms with Crippen LogP contribution in [0.25, 0.3) is 0 Å². The summed E-state index contributed by atoms with van der Waals surface area (Å²) in [5, 5.41) is 20.3. The number of likely N-dealkylation sites (N-methyl/N-ethyl adjacent to an activating group) is 1. The molecule has 0 atom stereocenters. The van der Waals surface area contributed by atoms with Crippen molar-refractivity contribution < 1.29 is 23.2 Å². The maximum absolute atomic E-state index is 13.1. The summed E-state index contributed by atoms with van der Waals surface area (Å²) in [6.07, 6.45) is 0.948. The fourth-order valence-electron chi connectivity index (χ4n) is 3.32. The molecule has 0 radical (unpaired) electrons. The molecule has 26 heavy (non-hydrogen) atoms. The molecule has 9 nitrogen and oxygen atoms in total. The van der Waals surface area contributed by atoms with Crippen molar-refractivity contribution in [1.29, 1.82) is 0 Å². The summed E-state index contributed by atoms with van der Waals surface area (Å²) in [5.41, 5.74) is 0.262. The molecule has 1 aliphatic rings. The lowest BCUT2D eigenvalue weighted by atomic mass is 10.1. The van der Waals surface area contributed by atoms with Gasteiger partial charge in [0.2, 0.25) is 10.0 Å². The van der Waals surface area contributed by atoms with Crippen molar-refractivity contribution in [2.45, 2.75) is 37.6 Å². The standard InChI is InChI=1S/C16H23N3O6S/c1-11-4-5-12(2)16(15(11)19(22)23)26(24,25)18-8-6-13(7-9-18)17(3)10-14(20)21/h4-5,13H,6-10H2,1-3H3,(H,20,21). The van der Waals surface area contributed by atoms with Gasteiger partial charge in [-0.1, -0.05) is 12.1 Å². The molecule has 0 aromatic heterocycles. The van der Waals surface area contributed by atoms with E-state index in [1.54, 1.807) is 31.0 Å². The minimum atomic E-state index is -4.01. The molecule has 144 valence electrons. The van der Waals surface area contributed by atoms with E-state index in [4.69, 9.17) is 5.11 Å². The Labute approximate surface area is 152 Å². The molecule has 1 heterocycles. The first-order valence-corrected chi connectivity index (χ1v) is 9.66. The van der Waals surface area contributed by atoms with Gasteiger partial charge in [-0.15, -0.1) is 0 Å². The minimum Gasteiger partial charge on any atom is -0.480 e. The van der Waals surface area contributed by atoms with Crippen LogP contribution in [0.2, 0.25) is 0 Å². The molecule has 0 spiro atoms. The van der Waals surface area contributed by atoms with Crippen molar-refractivity contribution in [3.8, 4) is 0 Å². The summed E-state index contributed by atoms with van der Waals surface area (Å²) < 4.78 is 27.4. The van der Waals surface area contributed by atoms with Gasteiger partial charge in [0.25, 0.3) is 5.69 Å². The van der Waals surface area contributed by atoms with Crippen LogP contribution in [0, 0.1) is 24.0 Å². The van der Waals surface area contributed by atoms with Crippen molar-refractivity contribution in [1.82, 2.24) is 9.21 Å². The molecule has 1 aromatic rings. The van der Waals surface area contributed by atoms with Crippen LogP contribution in [-0.4, -0.2) is 66.3 Å². The Morgan fingerprint density at radius 2 is 1.85 bits per heavy atom. The molecule has 0 saturated carbocycles. The highest BCUT2D eigenvalue weighted by atomic mass is 32.2. The first-order chi connectivity index (χ1) is 12.1. The molecule has 0 bridgehead atoms. The van der Waals surface area contributed by atoms with Gasteiger partial charge >= 0.3 is 5.97 Å². The molecule has 1 aromatic carbocycles. The number of hydrogen-bond donors (Lipinski definition) is 1. The fraction of sp³-hybridized carbons (Fsp3) is 0.562. The topological polar surface area (TPSA) is 121 Å². The van der Waals surface area contributed by atoms with Gasteiger partial charge < -0.3 is 5.11 Å². The van der Waals surface area contributed by atoms with Crippen LogP contribution in [-0.2, 0) is 14.8 Å². The second-order valence-electron chi connectivity index (χ2n) is 6.58. The van der Waals surface area contributed by atoms with E-state index in [9.17, 15) is 23.3 Å². The van der Waals surface area contributed by atoms with Crippen LogP contribution in [0.5, 0.6) is 0 Å². The predicted molar refractivity (Wildman–Crippen MR) is 94.6 cm³/mol. The number of aryl methyl sites for hydroxylation is 2. The highest BCUT2D eigenvalue weighted by Crippen LogP contribution is 2.34. The van der Waals surface area contributed by atoms with Gasteiger partial charge in [0.15, 0.2) is 4.90 Å². The van der Waals surface area contributed by atoms with E-state index in [2.05, 4.69) is 0 Å². The minimum absolute atomic E-state index is 0.0360. The smallest absolute Gasteiger partial charge is 0.317 e. The third-order valence-electron chi connectivity index (χ3n) is 4.74. The molecule has 10 heteroatoms. The van der Waals surface area contributed by atoms with E-state index >= 15 is 0 Å². The lowest BCUT2D eigenvalue weighted by Gasteiger charge is -2.35. The number of hydrogen-bond acceptors (Lipinski definition) is 6. The highest BCUT2D eigenvalue weighted by molar-refractivity contribution is 7.89. The zero-order chi connectivity index (χ0) is 19.6. The number of carboxylic acids is 1. The van der Waals surface area contributed by atoms with E-state index in [-0.39, 0.29) is 36.3 Å². The largest absolute Gasteiger partial charge is 0.480 e. The first-order valence-electron chi connectivity index (χ1n) is 8.22. The maximum Gasteiger partial charge on any atom is 0.317 e. The number of carbonyl (C=O) groups is 1. The lowest BCUT2D eigenvalue weighted by molar-refractivity contribution is -0.388. The Hall–Kier alpha value is -2.04. The summed E-state index contributed by atoms with van der Waals surface area (Å²) in [6, 6.07) is 3.08. The Balaban J connectivity index is 2.27. The monoisotopic (exact) mass is 385 g/mol. The summed E-state index contributed by atoms with van der Waals surface area (Å²) in [6.45, 7) is 3.35. The van der Waals surface area contributed by atoms with E-state index in [1.165, 1.54) is 11.2 Å². The number of sulfonamides is 1. The third-order valence-corrected chi connectivity index (χ3v) is 6.82. The average molecular weight is 385 g/mol. The summed E-state index contributed by atoms with van der Waals surface area (Å²) in [4.78, 5) is 23.0. The van der Waals surface area contributed by atoms with Crippen LogP contribution in [0.15, 0.2) is 17.0 Å². The van der Waals surface area contributed by atoms with E-state index in [0.29, 0.717) is 24.0 Å². The second kappa shape index (κ2) is 7.68. The van der Waals surface area contributed by atoms with Gasteiger partial charge in [0.05, 0.1) is 11.5 Å². The molecule has 1 N–H and O–H groups in total. The normalized spacial score (nSPS) is 16.8. The number of piperidine rings is 1. The number of nitrogens with zero attached hydrogens (tertiary/aromatic N) is 3. The highest BCUT2D eigenvalue weighted by Gasteiger charge is 2.37. The lowest BCUT2D eigenvalue weighted by Crippen LogP contribution is -2.46. The molecule has 1 aliphatic heterocycles. The number of nitro benzene ring substituents is 1. The van der Waals surface area contributed by atoms with Crippen molar-refractivity contribution in [3.63, 3.8) is 0 Å². The van der Waals surface area contributed by atoms with Gasteiger partial charge in [-0.2, -0.15) is 4.31 Å². The first kappa shape index (κ1) is 20.3. The Bertz CT molecular complexity index is 816. The van der Waals surface area contributed by atoms with Crippen molar-refractivity contribution in [2.75, 3.05) is 26.7 Å². The zero-order valence-electron chi connectivity index (χ0n) is 15.0. The van der Waals surface area contributed by atoms with Crippen LogP contribution in [0.1, 0.15) is 24.0 Å². The summed E-state index contributed by atoms with van der Waals surface area (Å²) in [7, 11) is -2.31. The molecule has 0 unspecified atom stereocenters. The predicted octanol–water partition coefficient (Wildman–Crippen LogP) is 1.38. The van der Waals surface area contributed by atoms with Gasteiger partial charge in [-0.25, -0.2) is 8.42 Å². The Kier molecular flexibility index (Phi) is 5.99. The SMILES string of the molecule is Cc1ccc(C)c(S(=O)(=O)N2CCC(N(C)CC(=O)O)CC2)c1[N+](=O)[O-]. The Morgan fingerprint density at radius 1 is 1.31 bits per heavy atom. The van der Waals surface area contributed by atoms with Crippen LogP contribution < -0.4 is 0 Å². The van der Waals surface area contributed by atoms with Crippen LogP contribution in [0.3, 0.4) is 0 Å². The molecule has 0 aliphatic carbocycles. The van der Waals surface area contributed by atoms with Crippen molar-refractivity contribution in [2.24, 2.45) is 0 Å². The molecule has 1 saturated heterocycles. The molecule has 0 amide bonds. The fourth-order valence-corrected chi connectivity index (χ4v) is 5.22. The molecular weight excluding hydrogens is 362 g/mol. The van der Waals surface area contributed by atoms with E-state index in [1.807, 2.05) is 0 Å². The molecule has 1 fully saturated rings. The molecule has 2 rings (SSSR count). The number of carboxylic acid groups (broad SMARTS) is 1. The number of nitro groups is 1. The molecular formula is C16H23N3O6S. The summed E-state index contributed by atoms with van der Waals surface area (Å²) >= 11 is 0.